The van der Waals surface area contributed by atoms with Gasteiger partial charge >= 0.3 is 0 Å². The molecule has 0 aliphatic heterocycles. The molecule has 0 aliphatic carbocycles. The number of hydrogen-bond donors (Lipinski definition) is 0. The summed E-state index contributed by atoms with van der Waals surface area (Å²) in [6.07, 6.45) is 1.69. The summed E-state index contributed by atoms with van der Waals surface area (Å²) in [5, 5.41) is 10.0. The molecule has 70 valence electrons. The van der Waals surface area contributed by atoms with Gasteiger partial charge in [0.2, 0.25) is 0 Å². The molecule has 0 unspecified atom stereocenters. The maximum absolute atomic E-state index is 8.87. The highest BCUT2D eigenvalue weighted by Gasteiger charge is 2.04. The van der Waals surface area contributed by atoms with Crippen LogP contribution in [0.15, 0.2) is 42.7 Å². The molecule has 1 aromatic carbocycles. The zero-order chi connectivity index (χ0) is 10.3. The van der Waals surface area contributed by atoms with Crippen LogP contribution in [-0.2, 0) is 0 Å². The second-order valence-electron chi connectivity index (χ2n) is 3.35. The molecule has 2 aromatic heterocycles. The quantitative estimate of drug-likeness (QED) is 0.550. The molecule has 0 fully saturated rings. The monoisotopic (exact) mass is 193 g/mol. The summed E-state index contributed by atoms with van der Waals surface area (Å²) in [6.45, 7) is 0. The average molecular weight is 193 g/mol. The molecule has 0 spiro atoms. The molecule has 0 saturated carbocycles. The highest BCUT2D eigenvalue weighted by atomic mass is 15.0. The maximum atomic E-state index is 8.87. The second kappa shape index (κ2) is 2.82. The SMILES string of the molecule is N#Cc1ncn2c1ccc1ccccc12. The molecule has 15 heavy (non-hydrogen) atoms. The Balaban J connectivity index is 2.57. The minimum atomic E-state index is 0.473. The Morgan fingerprint density at radius 3 is 2.80 bits per heavy atom. The number of pyridine rings is 1. The number of nitrogens with zero attached hydrogens (tertiary/aromatic N) is 3. The molecule has 0 amide bonds. The van der Waals surface area contributed by atoms with Crippen LogP contribution in [0.25, 0.3) is 16.4 Å². The van der Waals surface area contributed by atoms with Crippen LogP contribution >= 0.6 is 0 Å². The van der Waals surface area contributed by atoms with Crippen LogP contribution in [0.1, 0.15) is 5.69 Å². The van der Waals surface area contributed by atoms with Gasteiger partial charge in [-0.15, -0.1) is 0 Å². The Morgan fingerprint density at radius 2 is 1.93 bits per heavy atom. The summed E-state index contributed by atoms with van der Waals surface area (Å²) in [4.78, 5) is 4.07. The van der Waals surface area contributed by atoms with E-state index < -0.39 is 0 Å². The van der Waals surface area contributed by atoms with Crippen LogP contribution in [0.5, 0.6) is 0 Å². The van der Waals surface area contributed by atoms with E-state index >= 15 is 0 Å². The topological polar surface area (TPSA) is 41.1 Å². The van der Waals surface area contributed by atoms with Crippen LogP contribution in [0.3, 0.4) is 0 Å². The standard InChI is InChI=1S/C12H7N3/c13-7-10-12-6-5-9-3-1-2-4-11(9)15(12)8-14-10/h1-6,8H. The maximum Gasteiger partial charge on any atom is 0.166 e. The first-order valence-corrected chi connectivity index (χ1v) is 4.65. The average Bonchev–Trinajstić information content (AvgIpc) is 2.72. The number of imidazole rings is 1. The molecule has 3 nitrogen and oxygen atoms in total. The number of rotatable bonds is 0. The Kier molecular flexibility index (Phi) is 1.51. The van der Waals surface area contributed by atoms with Crippen LogP contribution in [0.4, 0.5) is 0 Å². The van der Waals surface area contributed by atoms with Crippen molar-refractivity contribution in [3.63, 3.8) is 0 Å². The van der Waals surface area contributed by atoms with E-state index in [2.05, 4.69) is 11.1 Å². The predicted octanol–water partition coefficient (Wildman–Crippen LogP) is 2.36. The molecule has 3 aromatic rings. The second-order valence-corrected chi connectivity index (χ2v) is 3.35. The van der Waals surface area contributed by atoms with Gasteiger partial charge < -0.3 is 0 Å². The van der Waals surface area contributed by atoms with Gasteiger partial charge in [0.25, 0.3) is 0 Å². The highest BCUT2D eigenvalue weighted by Crippen LogP contribution is 2.18. The van der Waals surface area contributed by atoms with Crippen molar-refractivity contribution in [1.82, 2.24) is 9.38 Å². The zero-order valence-corrected chi connectivity index (χ0v) is 7.88. The largest absolute Gasteiger partial charge is 0.297 e. The van der Waals surface area contributed by atoms with Crippen LogP contribution in [-0.4, -0.2) is 9.38 Å². The van der Waals surface area contributed by atoms with Gasteiger partial charge in [0.05, 0.1) is 11.0 Å². The van der Waals surface area contributed by atoms with Gasteiger partial charge in [0.15, 0.2) is 5.69 Å². The lowest BCUT2D eigenvalue weighted by Gasteiger charge is -2.00. The summed E-state index contributed by atoms with van der Waals surface area (Å²) < 4.78 is 1.94. The number of aromatic nitrogens is 2. The van der Waals surface area contributed by atoms with E-state index in [0.717, 1.165) is 16.4 Å². The number of benzene rings is 1. The normalized spacial score (nSPS) is 10.6. The third-order valence-corrected chi connectivity index (χ3v) is 2.53. The van der Waals surface area contributed by atoms with Crippen molar-refractivity contribution >= 4 is 16.4 Å². The van der Waals surface area contributed by atoms with Crippen molar-refractivity contribution in [2.75, 3.05) is 0 Å². The third-order valence-electron chi connectivity index (χ3n) is 2.53. The molecule has 0 N–H and O–H groups in total. The number of hydrogen-bond acceptors (Lipinski definition) is 2. The van der Waals surface area contributed by atoms with E-state index in [4.69, 9.17) is 5.26 Å². The number of nitriles is 1. The van der Waals surface area contributed by atoms with E-state index in [0.29, 0.717) is 5.69 Å². The highest BCUT2D eigenvalue weighted by molar-refractivity contribution is 5.83. The molecule has 3 heteroatoms. The van der Waals surface area contributed by atoms with Crippen molar-refractivity contribution < 1.29 is 0 Å². The van der Waals surface area contributed by atoms with Crippen molar-refractivity contribution in [2.24, 2.45) is 0 Å². The molecule has 0 atom stereocenters. The van der Waals surface area contributed by atoms with Gasteiger partial charge in [0.1, 0.15) is 12.4 Å². The number of fused-ring (bicyclic) bond motifs is 3. The van der Waals surface area contributed by atoms with Crippen molar-refractivity contribution in [1.29, 1.82) is 5.26 Å². The van der Waals surface area contributed by atoms with Crippen LogP contribution < -0.4 is 0 Å². The smallest absolute Gasteiger partial charge is 0.166 e. The van der Waals surface area contributed by atoms with E-state index in [-0.39, 0.29) is 0 Å². The van der Waals surface area contributed by atoms with Gasteiger partial charge in [-0.3, -0.25) is 4.40 Å². The number of para-hydroxylation sites is 1. The Bertz CT molecular complexity index is 689. The van der Waals surface area contributed by atoms with Gasteiger partial charge in [-0.1, -0.05) is 24.3 Å². The van der Waals surface area contributed by atoms with Gasteiger partial charge in [-0.25, -0.2) is 4.98 Å². The van der Waals surface area contributed by atoms with Gasteiger partial charge in [0, 0.05) is 0 Å². The third kappa shape index (κ3) is 1.02. The van der Waals surface area contributed by atoms with E-state index in [1.807, 2.05) is 40.8 Å². The zero-order valence-electron chi connectivity index (χ0n) is 7.88. The summed E-state index contributed by atoms with van der Waals surface area (Å²) >= 11 is 0. The van der Waals surface area contributed by atoms with E-state index in [1.54, 1.807) is 6.33 Å². The Morgan fingerprint density at radius 1 is 1.07 bits per heavy atom. The lowest BCUT2D eigenvalue weighted by molar-refractivity contribution is 1.21. The fraction of sp³-hybridized carbons (Fsp3) is 0. The van der Waals surface area contributed by atoms with E-state index in [9.17, 15) is 0 Å². The first-order chi connectivity index (χ1) is 7.40. The Labute approximate surface area is 86.2 Å². The van der Waals surface area contributed by atoms with Crippen LogP contribution in [0, 0.1) is 11.3 Å². The summed E-state index contributed by atoms with van der Waals surface area (Å²) in [5.74, 6) is 0. The molecule has 0 radical (unpaired) electrons. The molecule has 0 aliphatic rings. The molecular weight excluding hydrogens is 186 g/mol. The predicted molar refractivity (Wildman–Crippen MR) is 57.4 cm³/mol. The van der Waals surface area contributed by atoms with Crippen LogP contribution in [0.2, 0.25) is 0 Å². The van der Waals surface area contributed by atoms with E-state index in [1.165, 1.54) is 0 Å². The van der Waals surface area contributed by atoms with Crippen molar-refractivity contribution in [2.45, 2.75) is 0 Å². The summed E-state index contributed by atoms with van der Waals surface area (Å²) in [7, 11) is 0. The van der Waals surface area contributed by atoms with Gasteiger partial charge in [-0.2, -0.15) is 5.26 Å². The Hall–Kier alpha value is -2.34. The fourth-order valence-corrected chi connectivity index (χ4v) is 1.81. The fourth-order valence-electron chi connectivity index (χ4n) is 1.81. The molecule has 3 rings (SSSR count). The summed E-state index contributed by atoms with van der Waals surface area (Å²) in [5.41, 5.74) is 2.40. The summed E-state index contributed by atoms with van der Waals surface area (Å²) in [6, 6.07) is 14.1. The first kappa shape index (κ1) is 8.01. The minimum absolute atomic E-state index is 0.473. The van der Waals surface area contributed by atoms with Crippen molar-refractivity contribution in [3.05, 3.63) is 48.4 Å². The lowest BCUT2D eigenvalue weighted by Crippen LogP contribution is -1.85. The first-order valence-electron chi connectivity index (χ1n) is 4.65. The molecule has 0 bridgehead atoms. The van der Waals surface area contributed by atoms with Gasteiger partial charge in [-0.05, 0) is 17.5 Å². The molecule has 0 saturated heterocycles. The molecular formula is C12H7N3. The van der Waals surface area contributed by atoms with Crippen molar-refractivity contribution in [3.8, 4) is 6.07 Å². The minimum Gasteiger partial charge on any atom is -0.297 e. The lowest BCUT2D eigenvalue weighted by atomic mass is 10.2. The molecule has 2 heterocycles.